The zero-order chi connectivity index (χ0) is 29.4. The first-order chi connectivity index (χ1) is 19.8. The molecule has 1 saturated heterocycles. The molecule has 3 aromatic rings. The molecule has 11 heteroatoms. The minimum absolute atomic E-state index is 0.0575. The SMILES string of the molecule is Cc1cc(OC(CF)CF)c(F)cc1N(C(=O)N(C=O)Cc1ccc(Oc2ccc(F)cc2)cc1)C1CCNCC1. The van der Waals surface area contributed by atoms with Gasteiger partial charge in [0.1, 0.15) is 30.7 Å². The van der Waals surface area contributed by atoms with Gasteiger partial charge in [-0.25, -0.2) is 22.4 Å². The fourth-order valence-corrected chi connectivity index (χ4v) is 4.59. The average molecular weight is 574 g/mol. The lowest BCUT2D eigenvalue weighted by Crippen LogP contribution is -2.51. The van der Waals surface area contributed by atoms with Gasteiger partial charge < -0.3 is 14.8 Å². The molecule has 3 amide bonds. The van der Waals surface area contributed by atoms with E-state index in [1.165, 1.54) is 35.2 Å². The summed E-state index contributed by atoms with van der Waals surface area (Å²) in [5.41, 5.74) is 1.31. The van der Waals surface area contributed by atoms with Gasteiger partial charge in [-0.15, -0.1) is 0 Å². The number of nitrogens with one attached hydrogen (secondary N) is 1. The molecule has 0 bridgehead atoms. The molecule has 1 aliphatic rings. The van der Waals surface area contributed by atoms with Crippen molar-refractivity contribution in [2.75, 3.05) is 31.3 Å². The van der Waals surface area contributed by atoms with E-state index in [1.54, 1.807) is 31.2 Å². The topological polar surface area (TPSA) is 71.1 Å². The average Bonchev–Trinajstić information content (AvgIpc) is 2.99. The van der Waals surface area contributed by atoms with E-state index in [-0.39, 0.29) is 29.8 Å². The van der Waals surface area contributed by atoms with Crippen molar-refractivity contribution in [3.05, 3.63) is 83.4 Å². The number of ether oxygens (including phenoxy) is 2. The summed E-state index contributed by atoms with van der Waals surface area (Å²) in [5, 5.41) is 3.22. The minimum atomic E-state index is -1.44. The van der Waals surface area contributed by atoms with Crippen LogP contribution in [0.15, 0.2) is 60.7 Å². The molecule has 41 heavy (non-hydrogen) atoms. The number of urea groups is 1. The fraction of sp³-hybridized carbons (Fsp3) is 0.333. The molecule has 0 aliphatic carbocycles. The summed E-state index contributed by atoms with van der Waals surface area (Å²) >= 11 is 0. The molecule has 0 unspecified atom stereocenters. The fourth-order valence-electron chi connectivity index (χ4n) is 4.59. The molecule has 1 aliphatic heterocycles. The largest absolute Gasteiger partial charge is 0.482 e. The number of rotatable bonds is 11. The quantitative estimate of drug-likeness (QED) is 0.222. The van der Waals surface area contributed by atoms with Gasteiger partial charge in [0.05, 0.1) is 12.2 Å². The number of imide groups is 1. The lowest BCUT2D eigenvalue weighted by Gasteiger charge is -2.37. The predicted octanol–water partition coefficient (Wildman–Crippen LogP) is 6.09. The monoisotopic (exact) mass is 573 g/mol. The first-order valence-corrected chi connectivity index (χ1v) is 13.2. The zero-order valence-electron chi connectivity index (χ0n) is 22.5. The van der Waals surface area contributed by atoms with Gasteiger partial charge in [0.2, 0.25) is 6.41 Å². The van der Waals surface area contributed by atoms with Gasteiger partial charge in [0, 0.05) is 12.1 Å². The Morgan fingerprint density at radius 2 is 1.61 bits per heavy atom. The Kier molecular flexibility index (Phi) is 10.2. The lowest BCUT2D eigenvalue weighted by molar-refractivity contribution is -0.116. The lowest BCUT2D eigenvalue weighted by atomic mass is 10.0. The summed E-state index contributed by atoms with van der Waals surface area (Å²) in [4.78, 5) is 28.4. The minimum Gasteiger partial charge on any atom is -0.482 e. The van der Waals surface area contributed by atoms with Crippen molar-refractivity contribution in [3.8, 4) is 17.2 Å². The summed E-state index contributed by atoms with van der Waals surface area (Å²) in [5.74, 6) is -0.644. The van der Waals surface area contributed by atoms with Crippen LogP contribution in [0.1, 0.15) is 24.0 Å². The highest BCUT2D eigenvalue weighted by Crippen LogP contribution is 2.33. The summed E-state index contributed by atoms with van der Waals surface area (Å²) in [7, 11) is 0. The Morgan fingerprint density at radius 3 is 2.20 bits per heavy atom. The van der Waals surface area contributed by atoms with E-state index in [9.17, 15) is 22.8 Å². The molecule has 1 N–H and O–H groups in total. The molecule has 7 nitrogen and oxygen atoms in total. The number of carbonyl (C=O) groups is 2. The highest BCUT2D eigenvalue weighted by Gasteiger charge is 2.32. The number of carbonyl (C=O) groups excluding carboxylic acids is 2. The van der Waals surface area contributed by atoms with Crippen molar-refractivity contribution in [3.63, 3.8) is 0 Å². The Labute approximate surface area is 235 Å². The van der Waals surface area contributed by atoms with Gasteiger partial charge in [-0.05, 0) is 86.4 Å². The van der Waals surface area contributed by atoms with Crippen molar-refractivity contribution >= 4 is 18.1 Å². The second kappa shape index (κ2) is 14.0. The van der Waals surface area contributed by atoms with Crippen LogP contribution in [0.3, 0.4) is 0 Å². The molecule has 4 rings (SSSR count). The Balaban J connectivity index is 1.56. The number of nitrogens with zero attached hydrogens (tertiary/aromatic N) is 2. The number of amides is 3. The van der Waals surface area contributed by atoms with Crippen molar-refractivity contribution in [2.45, 2.75) is 38.5 Å². The number of anilines is 1. The third-order valence-electron chi connectivity index (χ3n) is 6.73. The summed E-state index contributed by atoms with van der Waals surface area (Å²) in [6.07, 6.45) is 0.128. The van der Waals surface area contributed by atoms with Gasteiger partial charge in [0.15, 0.2) is 17.7 Å². The second-order valence-corrected chi connectivity index (χ2v) is 9.68. The number of benzene rings is 3. The highest BCUT2D eigenvalue weighted by molar-refractivity contribution is 5.98. The van der Waals surface area contributed by atoms with E-state index >= 15 is 4.39 Å². The van der Waals surface area contributed by atoms with E-state index < -0.39 is 31.3 Å². The van der Waals surface area contributed by atoms with Crippen LogP contribution in [0.4, 0.5) is 28.0 Å². The Bertz CT molecular complexity index is 1310. The molecular formula is C30H31F4N3O4. The van der Waals surface area contributed by atoms with E-state index in [1.807, 2.05) is 0 Å². The first kappa shape index (κ1) is 29.9. The van der Waals surface area contributed by atoms with Crippen LogP contribution in [-0.4, -0.2) is 55.9 Å². The molecule has 1 fully saturated rings. The van der Waals surface area contributed by atoms with Gasteiger partial charge in [-0.2, -0.15) is 0 Å². The number of alkyl halides is 2. The van der Waals surface area contributed by atoms with Crippen molar-refractivity contribution < 1.29 is 36.6 Å². The van der Waals surface area contributed by atoms with E-state index in [0.717, 1.165) is 11.0 Å². The number of hydrogen-bond acceptors (Lipinski definition) is 5. The van der Waals surface area contributed by atoms with Gasteiger partial charge in [0.25, 0.3) is 0 Å². The van der Waals surface area contributed by atoms with Crippen LogP contribution in [-0.2, 0) is 11.3 Å². The third kappa shape index (κ3) is 7.55. The first-order valence-electron chi connectivity index (χ1n) is 13.2. The van der Waals surface area contributed by atoms with E-state index in [0.29, 0.717) is 55.0 Å². The molecule has 0 atom stereocenters. The summed E-state index contributed by atoms with van der Waals surface area (Å²) < 4.78 is 65.0. The maximum atomic E-state index is 15.1. The number of hydrogen-bond donors (Lipinski definition) is 1. The number of piperidine rings is 1. The van der Waals surface area contributed by atoms with E-state index in [2.05, 4.69) is 5.32 Å². The Morgan fingerprint density at radius 1 is 1.00 bits per heavy atom. The molecule has 0 aromatic heterocycles. The van der Waals surface area contributed by atoms with Crippen LogP contribution < -0.4 is 19.7 Å². The van der Waals surface area contributed by atoms with Crippen LogP contribution in [0.2, 0.25) is 0 Å². The molecule has 218 valence electrons. The normalized spacial score (nSPS) is 13.6. The molecule has 0 radical (unpaired) electrons. The molecule has 1 heterocycles. The highest BCUT2D eigenvalue weighted by atomic mass is 19.1. The standard InChI is InChI=1S/C30H31F4N3O4/c1-20-14-29(41-26(16-31)17-32)27(34)15-28(20)37(23-10-12-35-13-11-23)30(39)36(19-38)18-21-2-6-24(7-3-21)40-25-8-4-22(33)5-9-25/h2-9,14-15,19,23,26,35H,10-13,16-18H2,1H3. The van der Waals surface area contributed by atoms with E-state index in [4.69, 9.17) is 9.47 Å². The van der Waals surface area contributed by atoms with Crippen LogP contribution in [0, 0.1) is 18.6 Å². The van der Waals surface area contributed by atoms with Crippen molar-refractivity contribution in [1.29, 1.82) is 0 Å². The predicted molar refractivity (Wildman–Crippen MR) is 146 cm³/mol. The van der Waals surface area contributed by atoms with Crippen molar-refractivity contribution in [2.24, 2.45) is 0 Å². The van der Waals surface area contributed by atoms with Crippen LogP contribution >= 0.6 is 0 Å². The molecule has 3 aromatic carbocycles. The van der Waals surface area contributed by atoms with Gasteiger partial charge in [-0.3, -0.25) is 14.6 Å². The molecule has 0 saturated carbocycles. The third-order valence-corrected chi connectivity index (χ3v) is 6.73. The summed E-state index contributed by atoms with van der Waals surface area (Å²) in [6, 6.07) is 13.7. The number of aryl methyl sites for hydroxylation is 1. The summed E-state index contributed by atoms with van der Waals surface area (Å²) in [6.45, 7) is 0.588. The van der Waals surface area contributed by atoms with Gasteiger partial charge in [-0.1, -0.05) is 12.1 Å². The Hall–Kier alpha value is -4.12. The van der Waals surface area contributed by atoms with Gasteiger partial charge >= 0.3 is 6.03 Å². The molecule has 0 spiro atoms. The smallest absolute Gasteiger partial charge is 0.331 e. The maximum Gasteiger partial charge on any atom is 0.331 e. The second-order valence-electron chi connectivity index (χ2n) is 9.68. The number of halogens is 4. The van der Waals surface area contributed by atoms with Crippen LogP contribution in [0.25, 0.3) is 0 Å². The molecular weight excluding hydrogens is 542 g/mol. The maximum absolute atomic E-state index is 15.1. The zero-order valence-corrected chi connectivity index (χ0v) is 22.5. The van der Waals surface area contributed by atoms with Crippen molar-refractivity contribution in [1.82, 2.24) is 10.2 Å². The van der Waals surface area contributed by atoms with Crippen LogP contribution in [0.5, 0.6) is 17.2 Å².